The molecule has 1 saturated carbocycles. The van der Waals surface area contributed by atoms with Crippen LogP contribution in [0.3, 0.4) is 0 Å². The number of aromatic amines is 1. The van der Waals surface area contributed by atoms with Crippen molar-refractivity contribution in [2.45, 2.75) is 5.92 Å². The number of nitrogens with zero attached hydrogens (tertiary/aromatic N) is 1. The van der Waals surface area contributed by atoms with E-state index in [0.29, 0.717) is 11.7 Å². The number of nitrogens with one attached hydrogen (secondary N) is 1. The summed E-state index contributed by atoms with van der Waals surface area (Å²) in [6, 6.07) is 1.93. The highest BCUT2D eigenvalue weighted by atomic mass is 16.5. The van der Waals surface area contributed by atoms with Crippen molar-refractivity contribution in [3.8, 4) is 0 Å². The third kappa shape index (κ3) is 0.728. The van der Waals surface area contributed by atoms with Crippen LogP contribution in [0.5, 0.6) is 0 Å². The van der Waals surface area contributed by atoms with Crippen LogP contribution in [0.15, 0.2) is 6.07 Å². The summed E-state index contributed by atoms with van der Waals surface area (Å²) in [4.78, 5) is 0. The lowest BCUT2D eigenvalue weighted by Crippen LogP contribution is -1.97. The Balaban J connectivity index is 1.84. The number of nitrogen functional groups attached to an aromatic ring is 1. The Kier molecular flexibility index (Phi) is 1.09. The van der Waals surface area contributed by atoms with Gasteiger partial charge in [0.15, 0.2) is 0 Å². The fourth-order valence-corrected chi connectivity index (χ4v) is 2.22. The molecule has 3 rings (SSSR count). The van der Waals surface area contributed by atoms with Gasteiger partial charge >= 0.3 is 0 Å². The smallest absolute Gasteiger partial charge is 0.145 e. The summed E-state index contributed by atoms with van der Waals surface area (Å²) >= 11 is 0. The molecular formula is C8H11N3O. The predicted octanol–water partition coefficient (Wildman–Crippen LogP) is 0.352. The second kappa shape index (κ2) is 2.01. The first kappa shape index (κ1) is 6.48. The van der Waals surface area contributed by atoms with Gasteiger partial charge in [0.2, 0.25) is 0 Å². The summed E-state index contributed by atoms with van der Waals surface area (Å²) < 4.78 is 5.30. The van der Waals surface area contributed by atoms with Crippen LogP contribution in [0.4, 0.5) is 5.82 Å². The van der Waals surface area contributed by atoms with E-state index in [0.717, 1.165) is 25.0 Å². The topological polar surface area (TPSA) is 63.9 Å². The summed E-state index contributed by atoms with van der Waals surface area (Å²) in [5, 5.41) is 6.88. The van der Waals surface area contributed by atoms with E-state index in [4.69, 9.17) is 10.5 Å². The SMILES string of the molecule is Nc1cc(C2C3COCC32)[nH]n1. The van der Waals surface area contributed by atoms with E-state index in [1.54, 1.807) is 0 Å². The molecule has 12 heavy (non-hydrogen) atoms. The molecule has 0 bridgehead atoms. The minimum absolute atomic E-state index is 0.593. The summed E-state index contributed by atoms with van der Waals surface area (Å²) in [6.07, 6.45) is 0. The molecule has 0 spiro atoms. The maximum Gasteiger partial charge on any atom is 0.145 e. The summed E-state index contributed by atoms with van der Waals surface area (Å²) in [7, 11) is 0. The summed E-state index contributed by atoms with van der Waals surface area (Å²) in [5.41, 5.74) is 6.71. The fourth-order valence-electron chi connectivity index (χ4n) is 2.22. The minimum Gasteiger partial charge on any atom is -0.382 e. The average molecular weight is 165 g/mol. The molecule has 1 aliphatic carbocycles. The number of rotatable bonds is 1. The monoisotopic (exact) mass is 165 g/mol. The van der Waals surface area contributed by atoms with E-state index < -0.39 is 0 Å². The number of aromatic nitrogens is 2. The molecule has 2 heterocycles. The van der Waals surface area contributed by atoms with Crippen molar-refractivity contribution in [2.75, 3.05) is 18.9 Å². The van der Waals surface area contributed by atoms with Gasteiger partial charge in [0.1, 0.15) is 5.82 Å². The lowest BCUT2D eigenvalue weighted by molar-refractivity contribution is 0.160. The van der Waals surface area contributed by atoms with Crippen LogP contribution in [0.1, 0.15) is 11.6 Å². The number of hydrogen-bond acceptors (Lipinski definition) is 3. The third-order valence-corrected chi connectivity index (χ3v) is 2.93. The number of nitrogens with two attached hydrogens (primary N) is 1. The highest BCUT2D eigenvalue weighted by Gasteiger charge is 2.55. The molecule has 2 fully saturated rings. The fraction of sp³-hybridized carbons (Fsp3) is 0.625. The van der Waals surface area contributed by atoms with Gasteiger partial charge in [-0.15, -0.1) is 0 Å². The number of hydrogen-bond donors (Lipinski definition) is 2. The standard InChI is InChI=1S/C8H11N3O/c9-7-1-6(10-11-7)8-4-2-12-3-5(4)8/h1,4-5,8H,2-3H2,(H3,9,10,11). The van der Waals surface area contributed by atoms with Crippen LogP contribution >= 0.6 is 0 Å². The van der Waals surface area contributed by atoms with Crippen LogP contribution in [-0.2, 0) is 4.74 Å². The van der Waals surface area contributed by atoms with Gasteiger partial charge < -0.3 is 10.5 Å². The lowest BCUT2D eigenvalue weighted by atomic mass is 10.2. The first-order valence-corrected chi connectivity index (χ1v) is 4.25. The first-order chi connectivity index (χ1) is 5.86. The van der Waals surface area contributed by atoms with Crippen molar-refractivity contribution >= 4 is 5.82 Å². The zero-order valence-corrected chi connectivity index (χ0v) is 6.66. The van der Waals surface area contributed by atoms with Gasteiger partial charge in [0.25, 0.3) is 0 Å². The molecule has 2 atom stereocenters. The Labute approximate surface area is 70.1 Å². The Hall–Kier alpha value is -1.03. The molecule has 1 aliphatic heterocycles. The predicted molar refractivity (Wildman–Crippen MR) is 43.5 cm³/mol. The van der Waals surface area contributed by atoms with Gasteiger partial charge in [0, 0.05) is 17.7 Å². The molecule has 0 radical (unpaired) electrons. The van der Waals surface area contributed by atoms with Crippen LogP contribution in [0.25, 0.3) is 0 Å². The van der Waals surface area contributed by atoms with Gasteiger partial charge in [-0.2, -0.15) is 5.10 Å². The van der Waals surface area contributed by atoms with Crippen molar-refractivity contribution in [3.63, 3.8) is 0 Å². The Morgan fingerprint density at radius 1 is 1.50 bits per heavy atom. The van der Waals surface area contributed by atoms with E-state index in [1.807, 2.05) is 6.07 Å². The maximum absolute atomic E-state index is 5.52. The zero-order valence-electron chi connectivity index (χ0n) is 6.66. The van der Waals surface area contributed by atoms with Crippen molar-refractivity contribution in [1.29, 1.82) is 0 Å². The van der Waals surface area contributed by atoms with Crippen molar-refractivity contribution in [2.24, 2.45) is 11.8 Å². The largest absolute Gasteiger partial charge is 0.382 e. The van der Waals surface area contributed by atoms with Gasteiger partial charge in [0.05, 0.1) is 13.2 Å². The number of fused-ring (bicyclic) bond motifs is 1. The van der Waals surface area contributed by atoms with Crippen molar-refractivity contribution < 1.29 is 4.74 Å². The minimum atomic E-state index is 0.593. The van der Waals surface area contributed by atoms with Gasteiger partial charge in [-0.1, -0.05) is 0 Å². The van der Waals surface area contributed by atoms with Gasteiger partial charge in [-0.3, -0.25) is 5.10 Å². The molecule has 4 heteroatoms. The van der Waals surface area contributed by atoms with Crippen LogP contribution in [0, 0.1) is 11.8 Å². The van der Waals surface area contributed by atoms with Gasteiger partial charge in [-0.05, 0) is 11.8 Å². The molecule has 1 aromatic rings. The first-order valence-electron chi connectivity index (χ1n) is 4.25. The molecule has 2 unspecified atom stereocenters. The number of anilines is 1. The highest BCUT2D eigenvalue weighted by Crippen LogP contribution is 2.56. The van der Waals surface area contributed by atoms with Gasteiger partial charge in [-0.25, -0.2) is 0 Å². The molecule has 0 amide bonds. The van der Waals surface area contributed by atoms with Crippen LogP contribution in [-0.4, -0.2) is 23.4 Å². The summed E-state index contributed by atoms with van der Waals surface area (Å²) in [6.45, 7) is 1.82. The molecule has 4 nitrogen and oxygen atoms in total. The summed E-state index contributed by atoms with van der Waals surface area (Å²) in [5.74, 6) is 2.69. The second-order valence-corrected chi connectivity index (χ2v) is 3.64. The molecule has 64 valence electrons. The Morgan fingerprint density at radius 2 is 2.25 bits per heavy atom. The van der Waals surface area contributed by atoms with Crippen molar-refractivity contribution in [1.82, 2.24) is 10.2 Å². The molecule has 1 aromatic heterocycles. The number of H-pyrrole nitrogens is 1. The highest BCUT2D eigenvalue weighted by molar-refractivity contribution is 5.34. The maximum atomic E-state index is 5.52. The van der Waals surface area contributed by atoms with Crippen LogP contribution in [0.2, 0.25) is 0 Å². The van der Waals surface area contributed by atoms with E-state index in [-0.39, 0.29) is 0 Å². The van der Waals surface area contributed by atoms with E-state index >= 15 is 0 Å². The quantitative estimate of drug-likeness (QED) is 0.631. The lowest BCUT2D eigenvalue weighted by Gasteiger charge is -1.99. The molecule has 3 N–H and O–H groups in total. The van der Waals surface area contributed by atoms with E-state index in [1.165, 1.54) is 5.69 Å². The van der Waals surface area contributed by atoms with E-state index in [2.05, 4.69) is 10.2 Å². The molecular weight excluding hydrogens is 154 g/mol. The van der Waals surface area contributed by atoms with E-state index in [9.17, 15) is 0 Å². The average Bonchev–Trinajstić information content (AvgIpc) is 2.55. The van der Waals surface area contributed by atoms with Crippen LogP contribution < -0.4 is 5.73 Å². The number of ether oxygens (including phenoxy) is 1. The Morgan fingerprint density at radius 3 is 2.83 bits per heavy atom. The molecule has 0 aromatic carbocycles. The molecule has 1 saturated heterocycles. The Bertz CT molecular complexity index is 299. The third-order valence-electron chi connectivity index (χ3n) is 2.93. The van der Waals surface area contributed by atoms with Crippen molar-refractivity contribution in [3.05, 3.63) is 11.8 Å². The second-order valence-electron chi connectivity index (χ2n) is 3.64. The molecule has 2 aliphatic rings. The zero-order chi connectivity index (χ0) is 8.13. The normalized spacial score (nSPS) is 38.2.